The summed E-state index contributed by atoms with van der Waals surface area (Å²) >= 11 is 6.11. The number of Topliss-reactive ketones (excluding diaryl/α,β-unsaturated/α-hetero) is 1. The predicted octanol–water partition coefficient (Wildman–Crippen LogP) is 3.47. The van der Waals surface area contributed by atoms with Crippen molar-refractivity contribution in [1.29, 1.82) is 0 Å². The SMILES string of the molecule is Cc1cc(F)c(Br)cc1C(=O)CBr. The zero-order valence-corrected chi connectivity index (χ0v) is 10.1. The number of halogens is 3. The minimum absolute atomic E-state index is 0.0433. The molecule has 0 saturated heterocycles. The molecule has 4 heteroatoms. The Morgan fingerprint density at radius 3 is 2.69 bits per heavy atom. The quantitative estimate of drug-likeness (QED) is 0.604. The largest absolute Gasteiger partial charge is 0.293 e. The molecule has 1 aromatic carbocycles. The van der Waals surface area contributed by atoms with Gasteiger partial charge in [0.2, 0.25) is 0 Å². The highest BCUT2D eigenvalue weighted by atomic mass is 79.9. The maximum Gasteiger partial charge on any atom is 0.173 e. The average molecular weight is 310 g/mol. The molecule has 13 heavy (non-hydrogen) atoms. The molecule has 1 rings (SSSR count). The van der Waals surface area contributed by atoms with Gasteiger partial charge in [-0.3, -0.25) is 4.79 Å². The molecule has 0 amide bonds. The van der Waals surface area contributed by atoms with E-state index in [1.165, 1.54) is 12.1 Å². The number of alkyl halides is 1. The summed E-state index contributed by atoms with van der Waals surface area (Å²) in [5.41, 5.74) is 1.20. The maximum atomic E-state index is 13.0. The molecule has 0 N–H and O–H groups in total. The zero-order chi connectivity index (χ0) is 10.0. The fraction of sp³-hybridized carbons (Fsp3) is 0.222. The van der Waals surface area contributed by atoms with Crippen molar-refractivity contribution in [3.63, 3.8) is 0 Å². The lowest BCUT2D eigenvalue weighted by atomic mass is 10.1. The average Bonchev–Trinajstić information content (AvgIpc) is 2.10. The van der Waals surface area contributed by atoms with Gasteiger partial charge in [0.25, 0.3) is 0 Å². The summed E-state index contributed by atoms with van der Waals surface area (Å²) < 4.78 is 13.3. The summed E-state index contributed by atoms with van der Waals surface area (Å²) in [7, 11) is 0. The van der Waals surface area contributed by atoms with Gasteiger partial charge in [-0.15, -0.1) is 0 Å². The van der Waals surface area contributed by atoms with Crippen LogP contribution in [0.2, 0.25) is 0 Å². The molecular weight excluding hydrogens is 303 g/mol. The van der Waals surface area contributed by atoms with Gasteiger partial charge >= 0.3 is 0 Å². The second kappa shape index (κ2) is 4.33. The van der Waals surface area contributed by atoms with Crippen LogP contribution in [0.15, 0.2) is 16.6 Å². The van der Waals surface area contributed by atoms with Crippen LogP contribution in [0.25, 0.3) is 0 Å². The monoisotopic (exact) mass is 308 g/mol. The standard InChI is InChI=1S/C9H7Br2FO/c1-5-2-8(12)7(11)3-6(5)9(13)4-10/h2-3H,4H2,1H3. The van der Waals surface area contributed by atoms with Crippen LogP contribution in [0, 0.1) is 12.7 Å². The van der Waals surface area contributed by atoms with E-state index in [1.807, 2.05) is 0 Å². The van der Waals surface area contributed by atoms with Crippen LogP contribution in [0.5, 0.6) is 0 Å². The van der Waals surface area contributed by atoms with Crippen molar-refractivity contribution < 1.29 is 9.18 Å². The van der Waals surface area contributed by atoms with E-state index in [4.69, 9.17) is 0 Å². The number of ketones is 1. The molecule has 70 valence electrons. The van der Waals surface area contributed by atoms with Crippen molar-refractivity contribution in [3.8, 4) is 0 Å². The Labute approximate surface area is 92.6 Å². The summed E-state index contributed by atoms with van der Waals surface area (Å²) in [4.78, 5) is 11.3. The second-order valence-corrected chi connectivity index (χ2v) is 4.05. The lowest BCUT2D eigenvalue weighted by molar-refractivity contribution is 0.102. The van der Waals surface area contributed by atoms with Crippen LogP contribution in [-0.2, 0) is 0 Å². The van der Waals surface area contributed by atoms with E-state index in [2.05, 4.69) is 31.9 Å². The number of benzene rings is 1. The molecule has 0 atom stereocenters. The molecule has 0 spiro atoms. The van der Waals surface area contributed by atoms with Gasteiger partial charge in [0.05, 0.1) is 9.80 Å². The molecule has 0 heterocycles. The molecule has 0 unspecified atom stereocenters. The first-order valence-electron chi connectivity index (χ1n) is 3.61. The van der Waals surface area contributed by atoms with Crippen molar-refractivity contribution in [2.75, 3.05) is 5.33 Å². The van der Waals surface area contributed by atoms with Gasteiger partial charge in [0.1, 0.15) is 5.82 Å². The Morgan fingerprint density at radius 1 is 1.54 bits per heavy atom. The van der Waals surface area contributed by atoms with Crippen LogP contribution in [0.4, 0.5) is 4.39 Å². The van der Waals surface area contributed by atoms with Crippen molar-refractivity contribution in [2.24, 2.45) is 0 Å². The normalized spacial score (nSPS) is 10.2. The summed E-state index contributed by atoms with van der Waals surface area (Å²) in [5.74, 6) is -0.387. The fourth-order valence-corrected chi connectivity index (χ4v) is 1.66. The Balaban J connectivity index is 3.23. The molecule has 0 aliphatic carbocycles. The molecule has 0 aliphatic heterocycles. The van der Waals surface area contributed by atoms with E-state index in [0.717, 1.165) is 0 Å². The lowest BCUT2D eigenvalue weighted by Gasteiger charge is -2.04. The molecule has 1 nitrogen and oxygen atoms in total. The van der Waals surface area contributed by atoms with E-state index in [0.29, 0.717) is 15.6 Å². The summed E-state index contributed by atoms with van der Waals surface area (Å²) in [6.45, 7) is 1.71. The van der Waals surface area contributed by atoms with Crippen LogP contribution >= 0.6 is 31.9 Å². The third kappa shape index (κ3) is 2.38. The van der Waals surface area contributed by atoms with E-state index < -0.39 is 0 Å². The number of aryl methyl sites for hydroxylation is 1. The van der Waals surface area contributed by atoms with Gasteiger partial charge in [0.15, 0.2) is 5.78 Å². The molecule has 0 aliphatic rings. The minimum Gasteiger partial charge on any atom is -0.293 e. The molecule has 0 bridgehead atoms. The topological polar surface area (TPSA) is 17.1 Å². The molecular formula is C9H7Br2FO. The van der Waals surface area contributed by atoms with Crippen molar-refractivity contribution >= 4 is 37.6 Å². The third-order valence-electron chi connectivity index (χ3n) is 1.69. The molecule has 0 fully saturated rings. The van der Waals surface area contributed by atoms with Crippen LogP contribution in [-0.4, -0.2) is 11.1 Å². The second-order valence-electron chi connectivity index (χ2n) is 2.64. The van der Waals surface area contributed by atoms with Crippen LogP contribution in [0.3, 0.4) is 0 Å². The number of carbonyl (C=O) groups is 1. The zero-order valence-electron chi connectivity index (χ0n) is 6.90. The summed E-state index contributed by atoms with van der Waals surface area (Å²) in [5, 5.41) is 0.256. The van der Waals surface area contributed by atoms with Gasteiger partial charge in [-0.25, -0.2) is 4.39 Å². The molecule has 1 aromatic rings. The van der Waals surface area contributed by atoms with E-state index in [-0.39, 0.29) is 16.9 Å². The van der Waals surface area contributed by atoms with E-state index in [1.54, 1.807) is 6.92 Å². The van der Waals surface area contributed by atoms with Crippen molar-refractivity contribution in [1.82, 2.24) is 0 Å². The molecule has 0 radical (unpaired) electrons. The van der Waals surface area contributed by atoms with Crippen molar-refractivity contribution in [3.05, 3.63) is 33.5 Å². The van der Waals surface area contributed by atoms with E-state index in [9.17, 15) is 9.18 Å². The number of rotatable bonds is 2. The summed E-state index contributed by atoms with van der Waals surface area (Å²) in [6, 6.07) is 2.86. The first kappa shape index (κ1) is 10.9. The van der Waals surface area contributed by atoms with Crippen molar-refractivity contribution in [2.45, 2.75) is 6.92 Å². The Bertz CT molecular complexity index is 350. The van der Waals surface area contributed by atoms with Crippen LogP contribution in [0.1, 0.15) is 15.9 Å². The Kier molecular flexibility index (Phi) is 3.62. The van der Waals surface area contributed by atoms with E-state index >= 15 is 0 Å². The number of hydrogen-bond donors (Lipinski definition) is 0. The molecule has 0 saturated carbocycles. The third-order valence-corrected chi connectivity index (χ3v) is 2.81. The molecule has 0 aromatic heterocycles. The minimum atomic E-state index is -0.344. The van der Waals surface area contributed by atoms with Gasteiger partial charge in [-0.1, -0.05) is 15.9 Å². The Hall–Kier alpha value is -0.220. The highest BCUT2D eigenvalue weighted by Gasteiger charge is 2.10. The first-order chi connectivity index (χ1) is 6.06. The summed E-state index contributed by atoms with van der Waals surface area (Å²) in [6.07, 6.45) is 0. The fourth-order valence-electron chi connectivity index (χ4n) is 1.02. The Morgan fingerprint density at radius 2 is 2.15 bits per heavy atom. The van der Waals surface area contributed by atoms with Gasteiger partial charge < -0.3 is 0 Å². The van der Waals surface area contributed by atoms with Gasteiger partial charge in [-0.2, -0.15) is 0 Å². The highest BCUT2D eigenvalue weighted by molar-refractivity contribution is 9.10. The first-order valence-corrected chi connectivity index (χ1v) is 5.52. The predicted molar refractivity (Wildman–Crippen MR) is 57.0 cm³/mol. The smallest absolute Gasteiger partial charge is 0.173 e. The maximum absolute atomic E-state index is 13.0. The lowest BCUT2D eigenvalue weighted by Crippen LogP contribution is -2.03. The van der Waals surface area contributed by atoms with Gasteiger partial charge in [-0.05, 0) is 40.5 Å². The van der Waals surface area contributed by atoms with Crippen LogP contribution < -0.4 is 0 Å². The number of carbonyl (C=O) groups excluding carboxylic acids is 1. The highest BCUT2D eigenvalue weighted by Crippen LogP contribution is 2.21. The van der Waals surface area contributed by atoms with Gasteiger partial charge in [0, 0.05) is 5.56 Å². The number of hydrogen-bond acceptors (Lipinski definition) is 1.